The molecule has 26 heavy (non-hydrogen) atoms. The number of carbonyl (C=O) groups excluding carboxylic acids is 1. The zero-order chi connectivity index (χ0) is 18.7. The quantitative estimate of drug-likeness (QED) is 0.881. The smallest absolute Gasteiger partial charge is 0.238 e. The summed E-state index contributed by atoms with van der Waals surface area (Å²) in [4.78, 5) is 14.1. The Kier molecular flexibility index (Phi) is 5.61. The SMILES string of the molecule is CC(C)c1nnc(C2CCN(CC(=O)Nc3cc(F)ccc3F)CC2)o1. The van der Waals surface area contributed by atoms with Crippen molar-refractivity contribution in [2.45, 2.75) is 38.5 Å². The Morgan fingerprint density at radius 3 is 2.69 bits per heavy atom. The maximum atomic E-state index is 13.6. The predicted molar refractivity (Wildman–Crippen MR) is 91.8 cm³/mol. The van der Waals surface area contributed by atoms with Crippen LogP contribution in [-0.2, 0) is 4.79 Å². The standard InChI is InChI=1S/C18H22F2N4O2/c1-11(2)17-22-23-18(26-17)12-5-7-24(8-6-12)10-16(25)21-15-9-13(19)3-4-14(15)20/h3-4,9,11-12H,5-8,10H2,1-2H3,(H,21,25). The predicted octanol–water partition coefficient (Wildman–Crippen LogP) is 3.29. The number of anilines is 1. The first-order valence-corrected chi connectivity index (χ1v) is 8.73. The molecule has 3 rings (SSSR count). The maximum absolute atomic E-state index is 13.6. The number of aromatic nitrogens is 2. The van der Waals surface area contributed by atoms with Crippen LogP contribution in [0, 0.1) is 11.6 Å². The van der Waals surface area contributed by atoms with Crippen molar-refractivity contribution in [2.24, 2.45) is 0 Å². The van der Waals surface area contributed by atoms with Crippen molar-refractivity contribution in [2.75, 3.05) is 25.0 Å². The van der Waals surface area contributed by atoms with E-state index in [0.29, 0.717) is 24.9 Å². The number of halogens is 2. The molecule has 1 aliphatic heterocycles. The number of likely N-dealkylation sites (tertiary alicyclic amines) is 1. The van der Waals surface area contributed by atoms with E-state index in [2.05, 4.69) is 15.5 Å². The highest BCUT2D eigenvalue weighted by atomic mass is 19.1. The minimum atomic E-state index is -0.657. The number of amides is 1. The Hall–Kier alpha value is -2.35. The molecule has 0 unspecified atom stereocenters. The van der Waals surface area contributed by atoms with Crippen LogP contribution in [0.15, 0.2) is 22.6 Å². The summed E-state index contributed by atoms with van der Waals surface area (Å²) in [7, 11) is 0. The highest BCUT2D eigenvalue weighted by molar-refractivity contribution is 5.92. The fourth-order valence-corrected chi connectivity index (χ4v) is 2.97. The van der Waals surface area contributed by atoms with Gasteiger partial charge in [0, 0.05) is 17.9 Å². The van der Waals surface area contributed by atoms with E-state index in [0.717, 1.165) is 31.0 Å². The molecule has 0 bridgehead atoms. The summed E-state index contributed by atoms with van der Waals surface area (Å²) < 4.78 is 32.5. The number of rotatable bonds is 5. The van der Waals surface area contributed by atoms with Gasteiger partial charge in [-0.05, 0) is 38.1 Å². The lowest BCUT2D eigenvalue weighted by molar-refractivity contribution is -0.117. The van der Waals surface area contributed by atoms with Crippen molar-refractivity contribution in [1.29, 1.82) is 0 Å². The number of nitrogens with zero attached hydrogens (tertiary/aromatic N) is 3. The number of benzene rings is 1. The molecule has 1 saturated heterocycles. The summed E-state index contributed by atoms with van der Waals surface area (Å²) in [5.41, 5.74) is -0.142. The number of nitrogens with one attached hydrogen (secondary N) is 1. The molecule has 0 atom stereocenters. The average molecular weight is 364 g/mol. The molecular weight excluding hydrogens is 342 g/mol. The van der Waals surface area contributed by atoms with E-state index in [9.17, 15) is 13.6 Å². The van der Waals surface area contributed by atoms with Gasteiger partial charge in [0.15, 0.2) is 0 Å². The van der Waals surface area contributed by atoms with Gasteiger partial charge in [-0.3, -0.25) is 9.69 Å². The van der Waals surface area contributed by atoms with Crippen LogP contribution in [0.2, 0.25) is 0 Å². The zero-order valence-corrected chi connectivity index (χ0v) is 14.8. The van der Waals surface area contributed by atoms with Crippen molar-refractivity contribution in [1.82, 2.24) is 15.1 Å². The number of piperidine rings is 1. The lowest BCUT2D eigenvalue weighted by Crippen LogP contribution is -2.38. The molecule has 1 aliphatic rings. The molecule has 1 N–H and O–H groups in total. The average Bonchev–Trinajstić information content (AvgIpc) is 3.09. The first kappa shape index (κ1) is 18.4. The molecule has 0 spiro atoms. The van der Waals surface area contributed by atoms with Gasteiger partial charge >= 0.3 is 0 Å². The summed E-state index contributed by atoms with van der Waals surface area (Å²) in [5.74, 6) is 0.0586. The molecule has 1 aromatic carbocycles. The summed E-state index contributed by atoms with van der Waals surface area (Å²) >= 11 is 0. The van der Waals surface area contributed by atoms with Gasteiger partial charge in [0.25, 0.3) is 0 Å². The van der Waals surface area contributed by atoms with Gasteiger partial charge in [0.2, 0.25) is 17.7 Å². The van der Waals surface area contributed by atoms with Crippen molar-refractivity contribution < 1.29 is 18.0 Å². The molecule has 2 aromatic rings. The van der Waals surface area contributed by atoms with E-state index >= 15 is 0 Å². The Balaban J connectivity index is 1.50. The van der Waals surface area contributed by atoms with Crippen LogP contribution in [0.1, 0.15) is 50.3 Å². The first-order valence-electron chi connectivity index (χ1n) is 8.73. The minimum Gasteiger partial charge on any atom is -0.425 e. The molecule has 140 valence electrons. The fourth-order valence-electron chi connectivity index (χ4n) is 2.97. The Bertz CT molecular complexity index is 770. The highest BCUT2D eigenvalue weighted by Gasteiger charge is 2.26. The third kappa shape index (κ3) is 4.43. The molecule has 0 aliphatic carbocycles. The molecule has 1 amide bonds. The largest absolute Gasteiger partial charge is 0.425 e. The van der Waals surface area contributed by atoms with E-state index < -0.39 is 11.6 Å². The Labute approximate surface area is 150 Å². The Morgan fingerprint density at radius 1 is 1.31 bits per heavy atom. The number of hydrogen-bond acceptors (Lipinski definition) is 5. The van der Waals surface area contributed by atoms with E-state index in [-0.39, 0.29) is 30.0 Å². The van der Waals surface area contributed by atoms with Crippen LogP contribution < -0.4 is 5.32 Å². The van der Waals surface area contributed by atoms with Crippen LogP contribution in [0.3, 0.4) is 0 Å². The minimum absolute atomic E-state index is 0.129. The number of carbonyl (C=O) groups is 1. The van der Waals surface area contributed by atoms with Crippen LogP contribution in [0.25, 0.3) is 0 Å². The normalized spacial score (nSPS) is 16.2. The zero-order valence-electron chi connectivity index (χ0n) is 14.8. The summed E-state index contributed by atoms with van der Waals surface area (Å²) in [6, 6.07) is 2.98. The highest BCUT2D eigenvalue weighted by Crippen LogP contribution is 2.28. The van der Waals surface area contributed by atoms with Gasteiger partial charge < -0.3 is 9.73 Å². The molecule has 1 aromatic heterocycles. The third-order valence-corrected chi connectivity index (χ3v) is 4.46. The lowest BCUT2D eigenvalue weighted by atomic mass is 9.97. The van der Waals surface area contributed by atoms with E-state index in [1.54, 1.807) is 0 Å². The van der Waals surface area contributed by atoms with Crippen molar-refractivity contribution in [3.8, 4) is 0 Å². The van der Waals surface area contributed by atoms with Gasteiger partial charge in [-0.1, -0.05) is 13.8 Å². The number of hydrogen-bond donors (Lipinski definition) is 1. The third-order valence-electron chi connectivity index (χ3n) is 4.46. The molecule has 0 radical (unpaired) electrons. The van der Waals surface area contributed by atoms with Crippen molar-refractivity contribution >= 4 is 11.6 Å². The second-order valence-electron chi connectivity index (χ2n) is 6.86. The second kappa shape index (κ2) is 7.90. The second-order valence-corrected chi connectivity index (χ2v) is 6.86. The topological polar surface area (TPSA) is 71.3 Å². The van der Waals surface area contributed by atoms with Crippen LogP contribution >= 0.6 is 0 Å². The summed E-state index contributed by atoms with van der Waals surface area (Å²) in [5, 5.41) is 10.6. The van der Waals surface area contributed by atoms with Crippen LogP contribution in [-0.4, -0.2) is 40.6 Å². The lowest BCUT2D eigenvalue weighted by Gasteiger charge is -2.29. The van der Waals surface area contributed by atoms with E-state index in [4.69, 9.17) is 4.42 Å². The van der Waals surface area contributed by atoms with Gasteiger partial charge in [-0.2, -0.15) is 0 Å². The van der Waals surface area contributed by atoms with Crippen molar-refractivity contribution in [3.05, 3.63) is 41.6 Å². The van der Waals surface area contributed by atoms with Crippen LogP contribution in [0.5, 0.6) is 0 Å². The van der Waals surface area contributed by atoms with E-state index in [1.165, 1.54) is 0 Å². The molecule has 1 fully saturated rings. The van der Waals surface area contributed by atoms with Crippen LogP contribution in [0.4, 0.5) is 14.5 Å². The summed E-state index contributed by atoms with van der Waals surface area (Å²) in [6.07, 6.45) is 1.61. The van der Waals surface area contributed by atoms with Gasteiger partial charge in [-0.25, -0.2) is 8.78 Å². The fraction of sp³-hybridized carbons (Fsp3) is 0.500. The van der Waals surface area contributed by atoms with Crippen molar-refractivity contribution in [3.63, 3.8) is 0 Å². The Morgan fingerprint density at radius 2 is 2.04 bits per heavy atom. The molecule has 0 saturated carbocycles. The summed E-state index contributed by atoms with van der Waals surface area (Å²) in [6.45, 7) is 5.52. The molecule has 2 heterocycles. The molecule has 8 heteroatoms. The first-order chi connectivity index (χ1) is 12.4. The van der Waals surface area contributed by atoms with E-state index in [1.807, 2.05) is 18.7 Å². The molecular formula is C18H22F2N4O2. The van der Waals surface area contributed by atoms with Gasteiger partial charge in [0.05, 0.1) is 12.2 Å². The molecule has 6 nitrogen and oxygen atoms in total. The van der Waals surface area contributed by atoms with Gasteiger partial charge in [0.1, 0.15) is 11.6 Å². The maximum Gasteiger partial charge on any atom is 0.238 e. The van der Waals surface area contributed by atoms with Gasteiger partial charge in [-0.15, -0.1) is 10.2 Å². The monoisotopic (exact) mass is 364 g/mol.